The van der Waals surface area contributed by atoms with Crippen LogP contribution >= 0.6 is 11.3 Å². The van der Waals surface area contributed by atoms with Gasteiger partial charge in [0.25, 0.3) is 0 Å². The number of carbonyl (C=O) groups excluding carboxylic acids is 1. The summed E-state index contributed by atoms with van der Waals surface area (Å²) in [4.78, 5) is 18.6. The van der Waals surface area contributed by atoms with E-state index in [1.165, 1.54) is 11.3 Å². The lowest BCUT2D eigenvalue weighted by Crippen LogP contribution is -2.36. The molecule has 0 bridgehead atoms. The molecule has 0 spiro atoms. The van der Waals surface area contributed by atoms with E-state index < -0.39 is 0 Å². The van der Waals surface area contributed by atoms with Crippen molar-refractivity contribution < 1.29 is 9.53 Å². The highest BCUT2D eigenvalue weighted by Gasteiger charge is 2.11. The van der Waals surface area contributed by atoms with E-state index in [1.54, 1.807) is 0 Å². The average molecular weight is 332 g/mol. The Labute approximate surface area is 139 Å². The Balaban J connectivity index is 1.55. The van der Waals surface area contributed by atoms with E-state index in [0.29, 0.717) is 6.54 Å². The summed E-state index contributed by atoms with van der Waals surface area (Å²) in [7, 11) is 0. The van der Waals surface area contributed by atoms with Gasteiger partial charge in [-0.05, 0) is 24.3 Å². The number of amides is 1. The van der Waals surface area contributed by atoms with Crippen LogP contribution in [0, 0.1) is 0 Å². The first-order valence-corrected chi connectivity index (χ1v) is 8.48. The van der Waals surface area contributed by atoms with Gasteiger partial charge in [-0.3, -0.25) is 4.79 Å². The number of thiazole rings is 1. The van der Waals surface area contributed by atoms with Crippen LogP contribution in [0.2, 0.25) is 0 Å². The molecule has 2 heterocycles. The van der Waals surface area contributed by atoms with Crippen molar-refractivity contribution in [3.63, 3.8) is 0 Å². The lowest BCUT2D eigenvalue weighted by Gasteiger charge is -2.28. The standard InChI is InChI=1S/C16H20N4O2S/c17-10-16-19-13(11-23-16)9-15(21)18-12-1-3-14(4-2-12)20-5-7-22-8-6-20/h1-4,11H,5-10,17H2,(H,18,21). The van der Waals surface area contributed by atoms with E-state index >= 15 is 0 Å². The number of anilines is 2. The van der Waals surface area contributed by atoms with Crippen molar-refractivity contribution in [2.45, 2.75) is 13.0 Å². The fraction of sp³-hybridized carbons (Fsp3) is 0.375. The van der Waals surface area contributed by atoms with Gasteiger partial charge in [-0.15, -0.1) is 11.3 Å². The maximum atomic E-state index is 12.1. The number of nitrogens with two attached hydrogens (primary N) is 1. The molecule has 1 aromatic carbocycles. The Morgan fingerprint density at radius 3 is 2.70 bits per heavy atom. The van der Waals surface area contributed by atoms with E-state index in [2.05, 4.69) is 15.2 Å². The minimum Gasteiger partial charge on any atom is -0.378 e. The van der Waals surface area contributed by atoms with Crippen LogP contribution in [0.5, 0.6) is 0 Å². The lowest BCUT2D eigenvalue weighted by molar-refractivity contribution is -0.115. The zero-order chi connectivity index (χ0) is 16.1. The Morgan fingerprint density at radius 2 is 2.04 bits per heavy atom. The summed E-state index contributed by atoms with van der Waals surface area (Å²) in [5, 5.41) is 5.63. The Hall–Kier alpha value is -1.96. The molecule has 1 aliphatic heterocycles. The normalized spacial score (nSPS) is 14.7. The van der Waals surface area contributed by atoms with Gasteiger partial charge in [0.2, 0.25) is 5.91 Å². The molecule has 0 atom stereocenters. The van der Waals surface area contributed by atoms with Crippen LogP contribution in [0.25, 0.3) is 0 Å². The van der Waals surface area contributed by atoms with Crippen molar-refractivity contribution in [3.8, 4) is 0 Å². The maximum absolute atomic E-state index is 12.1. The Kier molecular flexibility index (Phi) is 5.22. The molecule has 2 aromatic rings. The average Bonchev–Trinajstić information content (AvgIpc) is 3.04. The van der Waals surface area contributed by atoms with Gasteiger partial charge in [-0.1, -0.05) is 0 Å². The maximum Gasteiger partial charge on any atom is 0.230 e. The van der Waals surface area contributed by atoms with E-state index in [9.17, 15) is 4.79 Å². The molecular weight excluding hydrogens is 312 g/mol. The molecule has 3 rings (SSSR count). The van der Waals surface area contributed by atoms with Gasteiger partial charge in [-0.25, -0.2) is 4.98 Å². The van der Waals surface area contributed by atoms with Gasteiger partial charge >= 0.3 is 0 Å². The molecule has 7 heteroatoms. The van der Waals surface area contributed by atoms with Crippen LogP contribution in [-0.4, -0.2) is 37.2 Å². The molecule has 122 valence electrons. The zero-order valence-corrected chi connectivity index (χ0v) is 13.6. The Morgan fingerprint density at radius 1 is 1.30 bits per heavy atom. The first kappa shape index (κ1) is 15.9. The van der Waals surface area contributed by atoms with E-state index in [4.69, 9.17) is 10.5 Å². The molecule has 0 aliphatic carbocycles. The number of nitrogens with zero attached hydrogens (tertiary/aromatic N) is 2. The van der Waals surface area contributed by atoms with Crippen LogP contribution in [0.1, 0.15) is 10.7 Å². The third-order valence-corrected chi connectivity index (χ3v) is 4.56. The number of nitrogens with one attached hydrogen (secondary N) is 1. The highest BCUT2D eigenvalue weighted by Crippen LogP contribution is 2.19. The molecule has 0 unspecified atom stereocenters. The second-order valence-corrected chi connectivity index (χ2v) is 6.25. The first-order chi connectivity index (χ1) is 11.2. The molecule has 1 amide bonds. The third-order valence-electron chi connectivity index (χ3n) is 3.64. The predicted octanol–water partition coefficient (Wildman–Crippen LogP) is 1.62. The third kappa shape index (κ3) is 4.28. The van der Waals surface area contributed by atoms with Gasteiger partial charge in [0, 0.05) is 36.4 Å². The van der Waals surface area contributed by atoms with Crippen molar-refractivity contribution in [2.24, 2.45) is 5.73 Å². The number of hydrogen-bond acceptors (Lipinski definition) is 6. The van der Waals surface area contributed by atoms with E-state index in [0.717, 1.165) is 48.4 Å². The highest BCUT2D eigenvalue weighted by atomic mass is 32.1. The minimum absolute atomic E-state index is 0.0713. The van der Waals surface area contributed by atoms with Crippen molar-refractivity contribution >= 4 is 28.6 Å². The summed E-state index contributed by atoms with van der Waals surface area (Å²) < 4.78 is 5.35. The van der Waals surface area contributed by atoms with Crippen molar-refractivity contribution in [2.75, 3.05) is 36.5 Å². The molecule has 0 radical (unpaired) electrons. The summed E-state index contributed by atoms with van der Waals surface area (Å²) >= 11 is 1.48. The largest absolute Gasteiger partial charge is 0.378 e. The van der Waals surface area contributed by atoms with E-state index in [-0.39, 0.29) is 12.3 Å². The monoisotopic (exact) mass is 332 g/mol. The number of morpholine rings is 1. The fourth-order valence-electron chi connectivity index (χ4n) is 2.47. The quantitative estimate of drug-likeness (QED) is 0.870. The number of carbonyl (C=O) groups is 1. The van der Waals surface area contributed by atoms with Crippen LogP contribution in [-0.2, 0) is 22.5 Å². The minimum atomic E-state index is -0.0713. The predicted molar refractivity (Wildman–Crippen MR) is 91.8 cm³/mol. The van der Waals surface area contributed by atoms with Gasteiger partial charge in [0.05, 0.1) is 25.3 Å². The molecule has 23 heavy (non-hydrogen) atoms. The summed E-state index contributed by atoms with van der Waals surface area (Å²) in [6.45, 7) is 3.74. The molecule has 1 aromatic heterocycles. The number of ether oxygens (including phenoxy) is 1. The first-order valence-electron chi connectivity index (χ1n) is 7.60. The summed E-state index contributed by atoms with van der Waals surface area (Å²) in [5.41, 5.74) is 8.23. The SMILES string of the molecule is NCc1nc(CC(=O)Nc2ccc(N3CCOCC3)cc2)cs1. The smallest absolute Gasteiger partial charge is 0.230 e. The van der Waals surface area contributed by atoms with Crippen molar-refractivity contribution in [3.05, 3.63) is 40.3 Å². The van der Waals surface area contributed by atoms with Crippen LogP contribution < -0.4 is 16.0 Å². The van der Waals surface area contributed by atoms with E-state index in [1.807, 2.05) is 29.6 Å². The topological polar surface area (TPSA) is 80.5 Å². The molecule has 1 aliphatic rings. The molecule has 0 saturated carbocycles. The van der Waals surface area contributed by atoms with Gasteiger partial charge in [0.15, 0.2) is 0 Å². The number of aromatic nitrogens is 1. The van der Waals surface area contributed by atoms with Crippen LogP contribution in [0.4, 0.5) is 11.4 Å². The fourth-order valence-corrected chi connectivity index (χ4v) is 3.14. The van der Waals surface area contributed by atoms with Gasteiger partial charge in [0.1, 0.15) is 5.01 Å². The molecule has 6 nitrogen and oxygen atoms in total. The summed E-state index contributed by atoms with van der Waals surface area (Å²) in [5.74, 6) is -0.0713. The number of hydrogen-bond donors (Lipinski definition) is 2. The van der Waals surface area contributed by atoms with Gasteiger partial charge < -0.3 is 20.7 Å². The van der Waals surface area contributed by atoms with Crippen molar-refractivity contribution in [1.29, 1.82) is 0 Å². The van der Waals surface area contributed by atoms with Crippen molar-refractivity contribution in [1.82, 2.24) is 4.98 Å². The summed E-state index contributed by atoms with van der Waals surface area (Å²) in [6.07, 6.45) is 0.266. The molecule has 3 N–H and O–H groups in total. The second-order valence-electron chi connectivity index (χ2n) is 5.31. The van der Waals surface area contributed by atoms with Crippen LogP contribution in [0.3, 0.4) is 0 Å². The highest BCUT2D eigenvalue weighted by molar-refractivity contribution is 7.09. The number of benzene rings is 1. The summed E-state index contributed by atoms with van der Waals surface area (Å²) in [6, 6.07) is 7.90. The molecule has 1 fully saturated rings. The Bertz CT molecular complexity index is 650. The molecule has 1 saturated heterocycles. The van der Waals surface area contributed by atoms with Gasteiger partial charge in [-0.2, -0.15) is 0 Å². The lowest BCUT2D eigenvalue weighted by atomic mass is 10.2. The molecular formula is C16H20N4O2S. The number of rotatable bonds is 5. The second kappa shape index (κ2) is 7.54. The zero-order valence-electron chi connectivity index (χ0n) is 12.8. The van der Waals surface area contributed by atoms with Crippen LogP contribution in [0.15, 0.2) is 29.6 Å².